The quantitative estimate of drug-likeness (QED) is 0.392. The van der Waals surface area contributed by atoms with E-state index < -0.39 is 0 Å². The zero-order valence-electron chi connectivity index (χ0n) is 12.1. The maximum atomic E-state index is 4.70. The third kappa shape index (κ3) is 12.0. The number of rotatable bonds is 3. The molecule has 0 rings (SSSR count). The summed E-state index contributed by atoms with van der Waals surface area (Å²) in [5.41, 5.74) is 0. The second-order valence-electron chi connectivity index (χ2n) is 5.93. The van der Waals surface area contributed by atoms with Crippen LogP contribution in [0.4, 0.5) is 0 Å². The molecule has 4 heteroatoms. The molecule has 108 valence electrons. The van der Waals surface area contributed by atoms with Crippen molar-refractivity contribution in [3.05, 3.63) is 11.9 Å². The second-order valence-corrected chi connectivity index (χ2v) is 11.3. The van der Waals surface area contributed by atoms with E-state index in [0.29, 0.717) is 23.0 Å². The van der Waals surface area contributed by atoms with Crippen LogP contribution in [-0.4, -0.2) is 10.3 Å². The number of unbranched alkanes of at least 4 members (excludes halogenated alkanes) is 1. The van der Waals surface area contributed by atoms with Gasteiger partial charge in [0.05, 0.1) is 0 Å². The van der Waals surface area contributed by atoms with Crippen molar-refractivity contribution in [1.82, 2.24) is 0 Å². The fourth-order valence-electron chi connectivity index (χ4n) is 1.80. The van der Waals surface area contributed by atoms with E-state index in [2.05, 4.69) is 60.4 Å². The molecule has 0 nitrogen and oxygen atoms in total. The first kappa shape index (κ1) is 20.6. The SMILES string of the molecule is CCCC=CP(C(C)(C)C)C(C)(C)C.[Cl][Ni][Cl]. The molecule has 0 radical (unpaired) electrons. The van der Waals surface area contributed by atoms with Gasteiger partial charge in [0.2, 0.25) is 0 Å². The predicted octanol–water partition coefficient (Wildman–Crippen LogP) is 6.76. The summed E-state index contributed by atoms with van der Waals surface area (Å²) in [7, 11) is 9.37. The van der Waals surface area contributed by atoms with Crippen LogP contribution in [0.2, 0.25) is 0 Å². The fraction of sp³-hybridized carbons (Fsp3) is 0.846. The van der Waals surface area contributed by atoms with Crippen molar-refractivity contribution < 1.29 is 12.7 Å². The Bertz CT molecular complexity index is 190. The van der Waals surface area contributed by atoms with Gasteiger partial charge in [0.1, 0.15) is 0 Å². The van der Waals surface area contributed by atoms with E-state index in [0.717, 1.165) is 0 Å². The molecule has 0 saturated carbocycles. The van der Waals surface area contributed by atoms with E-state index in [9.17, 15) is 0 Å². The minimum absolute atomic E-state index is 0.0349. The van der Waals surface area contributed by atoms with Crippen molar-refractivity contribution in [2.75, 3.05) is 0 Å². The Labute approximate surface area is 124 Å². The van der Waals surface area contributed by atoms with E-state index in [1.54, 1.807) is 0 Å². The molecule has 17 heavy (non-hydrogen) atoms. The average Bonchev–Trinajstić information content (AvgIpc) is 2.09. The first-order valence-corrected chi connectivity index (χ1v) is 10.0. The molecule has 0 unspecified atom stereocenters. The normalized spacial score (nSPS) is 13.1. The molecule has 0 amide bonds. The molecule has 0 N–H and O–H groups in total. The summed E-state index contributed by atoms with van der Waals surface area (Å²) in [6, 6.07) is 0. The van der Waals surface area contributed by atoms with Gasteiger partial charge in [0.15, 0.2) is 0 Å². The van der Waals surface area contributed by atoms with E-state index in [1.165, 1.54) is 12.8 Å². The Morgan fingerprint density at radius 1 is 1.00 bits per heavy atom. The van der Waals surface area contributed by atoms with Gasteiger partial charge >= 0.3 is 33.0 Å². The van der Waals surface area contributed by atoms with Gasteiger partial charge < -0.3 is 0 Å². The Morgan fingerprint density at radius 2 is 1.35 bits per heavy atom. The number of hydrogen-bond donors (Lipinski definition) is 0. The summed E-state index contributed by atoms with van der Waals surface area (Å²) >= 11 is 0.569. The first-order valence-electron chi connectivity index (χ1n) is 5.89. The van der Waals surface area contributed by atoms with Crippen LogP contribution in [-0.2, 0) is 12.7 Å². The Morgan fingerprint density at radius 3 is 1.59 bits per heavy atom. The fourth-order valence-corrected chi connectivity index (χ4v) is 5.07. The van der Waals surface area contributed by atoms with Gasteiger partial charge in [-0.3, -0.25) is 0 Å². The summed E-state index contributed by atoms with van der Waals surface area (Å²) in [5.74, 6) is 2.48. The van der Waals surface area contributed by atoms with Crippen LogP contribution in [0.5, 0.6) is 0 Å². The van der Waals surface area contributed by atoms with Gasteiger partial charge in [0, 0.05) is 0 Å². The van der Waals surface area contributed by atoms with E-state index in [1.807, 2.05) is 0 Å². The molecule has 0 aliphatic carbocycles. The zero-order valence-corrected chi connectivity index (χ0v) is 15.5. The molecule has 0 heterocycles. The molecular weight excluding hydrogens is 317 g/mol. The number of hydrogen-bond acceptors (Lipinski definition) is 0. The van der Waals surface area contributed by atoms with Gasteiger partial charge in [-0.2, -0.15) is 0 Å². The van der Waals surface area contributed by atoms with Crippen LogP contribution in [0.15, 0.2) is 11.9 Å². The topological polar surface area (TPSA) is 0 Å². The summed E-state index contributed by atoms with van der Waals surface area (Å²) in [6.07, 6.45) is 4.86. The van der Waals surface area contributed by atoms with Gasteiger partial charge in [-0.15, -0.1) is 0 Å². The molecule has 0 atom stereocenters. The van der Waals surface area contributed by atoms with Crippen LogP contribution < -0.4 is 0 Å². The van der Waals surface area contributed by atoms with Crippen molar-refractivity contribution in [2.45, 2.75) is 71.6 Å². The van der Waals surface area contributed by atoms with Crippen LogP contribution >= 0.6 is 28.3 Å². The van der Waals surface area contributed by atoms with Crippen LogP contribution in [0.3, 0.4) is 0 Å². The molecule has 0 aromatic carbocycles. The summed E-state index contributed by atoms with van der Waals surface area (Å²) in [6.45, 7) is 16.4. The molecule has 0 spiro atoms. The van der Waals surface area contributed by atoms with Crippen LogP contribution in [0.25, 0.3) is 0 Å². The molecular formula is C13H27Cl2NiP. The maximum absolute atomic E-state index is 4.70. The number of allylic oxidation sites excluding steroid dienone is 1. The Balaban J connectivity index is 0. The van der Waals surface area contributed by atoms with Gasteiger partial charge in [-0.25, -0.2) is 0 Å². The molecule has 0 aromatic heterocycles. The van der Waals surface area contributed by atoms with Crippen molar-refractivity contribution >= 4 is 28.3 Å². The van der Waals surface area contributed by atoms with Crippen molar-refractivity contribution in [3.63, 3.8) is 0 Å². The van der Waals surface area contributed by atoms with E-state index in [4.69, 9.17) is 20.4 Å². The predicted molar refractivity (Wildman–Crippen MR) is 82.2 cm³/mol. The third-order valence-corrected chi connectivity index (χ3v) is 5.56. The Kier molecular flexibility index (Phi) is 12.2. The molecule has 0 aliphatic rings. The third-order valence-electron chi connectivity index (χ3n) is 2.16. The van der Waals surface area contributed by atoms with E-state index >= 15 is 0 Å². The van der Waals surface area contributed by atoms with Gasteiger partial charge in [0.25, 0.3) is 0 Å². The molecule has 0 saturated heterocycles. The molecule has 0 bridgehead atoms. The minimum atomic E-state index is -0.0349. The monoisotopic (exact) mass is 342 g/mol. The van der Waals surface area contributed by atoms with Gasteiger partial charge in [-0.1, -0.05) is 74.7 Å². The second kappa shape index (κ2) is 10.1. The number of halogens is 2. The summed E-state index contributed by atoms with van der Waals surface area (Å²) in [5, 5.41) is 0.857. The Hall–Kier alpha value is 1.24. The molecule has 0 fully saturated rings. The average molecular weight is 344 g/mol. The van der Waals surface area contributed by atoms with Crippen molar-refractivity contribution in [3.8, 4) is 0 Å². The zero-order chi connectivity index (χ0) is 14.1. The first-order chi connectivity index (χ1) is 7.61. The summed E-state index contributed by atoms with van der Waals surface area (Å²) in [4.78, 5) is 0. The van der Waals surface area contributed by atoms with Gasteiger partial charge in [-0.05, 0) is 16.7 Å². The van der Waals surface area contributed by atoms with Crippen LogP contribution in [0.1, 0.15) is 61.3 Å². The van der Waals surface area contributed by atoms with Crippen molar-refractivity contribution in [2.24, 2.45) is 0 Å². The van der Waals surface area contributed by atoms with E-state index in [-0.39, 0.29) is 7.92 Å². The van der Waals surface area contributed by atoms with Crippen molar-refractivity contribution in [1.29, 1.82) is 0 Å². The molecule has 0 aromatic rings. The standard InChI is InChI=1S/C13H27P.2ClH.Ni/c1-8-9-10-11-14(12(2,3)4)13(5,6)7;;;/h10-11H,8-9H2,1-7H3;2*1H;/q;;;+2/p-2. The van der Waals surface area contributed by atoms with Crippen LogP contribution in [0, 0.1) is 0 Å². The molecule has 0 aliphatic heterocycles. The summed E-state index contributed by atoms with van der Waals surface area (Å²) < 4.78 is 0.